The van der Waals surface area contributed by atoms with E-state index in [-0.39, 0.29) is 5.97 Å². The van der Waals surface area contributed by atoms with E-state index in [4.69, 9.17) is 4.74 Å². The third-order valence-electron chi connectivity index (χ3n) is 2.52. The maximum atomic E-state index is 11.3. The first-order valence-electron chi connectivity index (χ1n) is 5.06. The fourth-order valence-corrected chi connectivity index (χ4v) is 1.72. The molecule has 0 fully saturated rings. The van der Waals surface area contributed by atoms with Gasteiger partial charge in [0.15, 0.2) is 0 Å². The lowest BCUT2D eigenvalue weighted by Crippen LogP contribution is -2.11. The Morgan fingerprint density at radius 2 is 2.00 bits per heavy atom. The van der Waals surface area contributed by atoms with Gasteiger partial charge in [0.1, 0.15) is 5.75 Å². The van der Waals surface area contributed by atoms with Gasteiger partial charge in [-0.2, -0.15) is 0 Å². The zero-order chi connectivity index (χ0) is 9.97. The Morgan fingerprint density at radius 1 is 1.21 bits per heavy atom. The molecule has 1 aliphatic heterocycles. The zero-order valence-electron chi connectivity index (χ0n) is 8.38. The number of rotatable bonds is 0. The first-order chi connectivity index (χ1) is 6.75. The predicted molar refractivity (Wildman–Crippen MR) is 54.4 cm³/mol. The maximum absolute atomic E-state index is 11.3. The summed E-state index contributed by atoms with van der Waals surface area (Å²) in [5.41, 5.74) is 2.29. The van der Waals surface area contributed by atoms with Crippen LogP contribution in [0, 0.1) is 6.92 Å². The molecule has 0 N–H and O–H groups in total. The molecule has 2 rings (SSSR count). The summed E-state index contributed by atoms with van der Waals surface area (Å²) in [5, 5.41) is 0. The minimum Gasteiger partial charge on any atom is -0.426 e. The molecule has 14 heavy (non-hydrogen) atoms. The lowest BCUT2D eigenvalue weighted by molar-refractivity contribution is -0.134. The smallest absolute Gasteiger partial charge is 0.311 e. The monoisotopic (exact) mass is 190 g/mol. The maximum Gasteiger partial charge on any atom is 0.311 e. The van der Waals surface area contributed by atoms with Crippen LogP contribution in [-0.4, -0.2) is 5.97 Å². The number of benzene rings is 1. The number of hydrogen-bond donors (Lipinski definition) is 0. The van der Waals surface area contributed by atoms with Crippen molar-refractivity contribution in [3.63, 3.8) is 0 Å². The number of hydrogen-bond acceptors (Lipinski definition) is 2. The Hall–Kier alpha value is -1.31. The lowest BCUT2D eigenvalue weighted by Gasteiger charge is -2.13. The molecule has 0 amide bonds. The van der Waals surface area contributed by atoms with Crippen LogP contribution >= 0.6 is 0 Å². The molecule has 1 aromatic carbocycles. The molecular formula is C12H14O2. The van der Waals surface area contributed by atoms with E-state index in [1.54, 1.807) is 0 Å². The van der Waals surface area contributed by atoms with Crippen LogP contribution in [0.2, 0.25) is 0 Å². The highest BCUT2D eigenvalue weighted by Gasteiger charge is 2.12. The zero-order valence-corrected chi connectivity index (χ0v) is 8.38. The number of esters is 1. The molecule has 0 saturated heterocycles. The van der Waals surface area contributed by atoms with E-state index < -0.39 is 0 Å². The molecule has 2 heteroatoms. The van der Waals surface area contributed by atoms with Gasteiger partial charge in [0.25, 0.3) is 0 Å². The molecule has 1 heterocycles. The van der Waals surface area contributed by atoms with E-state index in [1.807, 2.05) is 13.0 Å². The van der Waals surface area contributed by atoms with Gasteiger partial charge >= 0.3 is 5.97 Å². The summed E-state index contributed by atoms with van der Waals surface area (Å²) in [5.74, 6) is 0.659. The summed E-state index contributed by atoms with van der Waals surface area (Å²) in [6.07, 6.45) is 3.58. The van der Waals surface area contributed by atoms with Gasteiger partial charge in [-0.3, -0.25) is 4.79 Å². The molecule has 0 radical (unpaired) electrons. The van der Waals surface area contributed by atoms with Crippen molar-refractivity contribution in [3.8, 4) is 5.75 Å². The Kier molecular flexibility index (Phi) is 2.53. The number of fused-ring (bicyclic) bond motifs is 1. The summed E-state index contributed by atoms with van der Waals surface area (Å²) in [7, 11) is 0. The van der Waals surface area contributed by atoms with Crippen LogP contribution in [0.3, 0.4) is 0 Å². The quantitative estimate of drug-likeness (QED) is 0.464. The second-order valence-electron chi connectivity index (χ2n) is 3.79. The predicted octanol–water partition coefficient (Wildman–Crippen LogP) is 2.63. The molecule has 2 nitrogen and oxygen atoms in total. The molecule has 0 saturated carbocycles. The van der Waals surface area contributed by atoms with Crippen LogP contribution in [0.1, 0.15) is 30.4 Å². The Labute approximate surface area is 83.9 Å². The van der Waals surface area contributed by atoms with E-state index >= 15 is 0 Å². The highest BCUT2D eigenvalue weighted by molar-refractivity contribution is 5.73. The Bertz CT molecular complexity index is 355. The molecule has 1 aromatic rings. The summed E-state index contributed by atoms with van der Waals surface area (Å²) >= 11 is 0. The average Bonchev–Trinajstić information content (AvgIpc) is 2.12. The van der Waals surface area contributed by atoms with Crippen LogP contribution in [0.4, 0.5) is 0 Å². The topological polar surface area (TPSA) is 26.3 Å². The van der Waals surface area contributed by atoms with Gasteiger partial charge in [-0.15, -0.1) is 0 Å². The van der Waals surface area contributed by atoms with Gasteiger partial charge in [0.05, 0.1) is 0 Å². The van der Waals surface area contributed by atoms with Gasteiger partial charge in [0, 0.05) is 6.42 Å². The molecule has 0 atom stereocenters. The van der Waals surface area contributed by atoms with Crippen LogP contribution in [0.25, 0.3) is 0 Å². The van der Waals surface area contributed by atoms with Gasteiger partial charge in [-0.05, 0) is 43.4 Å². The number of carbonyl (C=O) groups is 1. The summed E-state index contributed by atoms with van der Waals surface area (Å²) < 4.78 is 5.28. The van der Waals surface area contributed by atoms with Crippen molar-refractivity contribution in [1.82, 2.24) is 0 Å². The molecule has 1 aliphatic rings. The summed E-state index contributed by atoms with van der Waals surface area (Å²) in [6.45, 7) is 2.01. The largest absolute Gasteiger partial charge is 0.426 e. The van der Waals surface area contributed by atoms with Gasteiger partial charge in [-0.25, -0.2) is 0 Å². The van der Waals surface area contributed by atoms with E-state index in [0.29, 0.717) is 6.42 Å². The fourth-order valence-electron chi connectivity index (χ4n) is 1.72. The van der Waals surface area contributed by atoms with Crippen molar-refractivity contribution in [3.05, 3.63) is 29.3 Å². The molecule has 0 aliphatic carbocycles. The standard InChI is InChI=1S/C12H14O2/c1-9-6-7-10-4-2-3-5-12(13)14-11(10)8-9/h6-8H,2-5H2,1H3. The van der Waals surface area contributed by atoms with Crippen LogP contribution in [0.15, 0.2) is 18.2 Å². The minimum absolute atomic E-state index is 0.100. The van der Waals surface area contributed by atoms with Gasteiger partial charge in [-0.1, -0.05) is 12.1 Å². The number of aryl methyl sites for hydroxylation is 2. The van der Waals surface area contributed by atoms with Crippen molar-refractivity contribution < 1.29 is 9.53 Å². The number of ether oxygens (including phenoxy) is 1. The minimum atomic E-state index is -0.100. The van der Waals surface area contributed by atoms with Crippen molar-refractivity contribution in [2.24, 2.45) is 0 Å². The highest BCUT2D eigenvalue weighted by Crippen LogP contribution is 2.25. The Balaban J connectivity index is 2.34. The number of carbonyl (C=O) groups excluding carboxylic acids is 1. The summed E-state index contributed by atoms with van der Waals surface area (Å²) in [6, 6.07) is 6.07. The first kappa shape index (κ1) is 9.25. The van der Waals surface area contributed by atoms with Crippen LogP contribution in [-0.2, 0) is 11.2 Å². The second kappa shape index (κ2) is 3.82. The van der Waals surface area contributed by atoms with E-state index in [1.165, 1.54) is 0 Å². The average molecular weight is 190 g/mol. The summed E-state index contributed by atoms with van der Waals surface area (Å²) in [4.78, 5) is 11.3. The van der Waals surface area contributed by atoms with Crippen molar-refractivity contribution in [2.45, 2.75) is 32.6 Å². The first-order valence-corrected chi connectivity index (χ1v) is 5.06. The van der Waals surface area contributed by atoms with E-state index in [0.717, 1.165) is 36.1 Å². The molecular weight excluding hydrogens is 176 g/mol. The molecule has 0 spiro atoms. The van der Waals surface area contributed by atoms with Crippen molar-refractivity contribution in [1.29, 1.82) is 0 Å². The van der Waals surface area contributed by atoms with Crippen LogP contribution in [0.5, 0.6) is 5.75 Å². The third kappa shape index (κ3) is 1.95. The SMILES string of the molecule is Cc1ccc2c(c1)OC(=O)CCCC2. The van der Waals surface area contributed by atoms with Crippen molar-refractivity contribution in [2.75, 3.05) is 0 Å². The van der Waals surface area contributed by atoms with Crippen LogP contribution < -0.4 is 4.74 Å². The van der Waals surface area contributed by atoms with E-state index in [2.05, 4.69) is 12.1 Å². The molecule has 0 unspecified atom stereocenters. The third-order valence-corrected chi connectivity index (χ3v) is 2.52. The molecule has 0 bridgehead atoms. The Morgan fingerprint density at radius 3 is 2.86 bits per heavy atom. The molecule has 74 valence electrons. The van der Waals surface area contributed by atoms with Gasteiger partial charge in [0.2, 0.25) is 0 Å². The highest BCUT2D eigenvalue weighted by atomic mass is 16.5. The fraction of sp³-hybridized carbons (Fsp3) is 0.417. The molecule has 0 aromatic heterocycles. The lowest BCUT2D eigenvalue weighted by atomic mass is 10.0. The normalized spacial score (nSPS) is 16.5. The van der Waals surface area contributed by atoms with E-state index in [9.17, 15) is 4.79 Å². The van der Waals surface area contributed by atoms with Gasteiger partial charge < -0.3 is 4.74 Å². The second-order valence-corrected chi connectivity index (χ2v) is 3.79. The van der Waals surface area contributed by atoms with Crippen molar-refractivity contribution >= 4 is 5.97 Å².